The third-order valence-electron chi connectivity index (χ3n) is 4.05. The predicted molar refractivity (Wildman–Crippen MR) is 81.7 cm³/mol. The van der Waals surface area contributed by atoms with Gasteiger partial charge >= 0.3 is 0 Å². The highest BCUT2D eigenvalue weighted by Crippen LogP contribution is 2.30. The molecule has 0 bridgehead atoms. The van der Waals surface area contributed by atoms with E-state index >= 15 is 0 Å². The average Bonchev–Trinajstić information content (AvgIpc) is 3.24. The van der Waals surface area contributed by atoms with Gasteiger partial charge in [-0.3, -0.25) is 14.9 Å². The van der Waals surface area contributed by atoms with E-state index in [1.54, 1.807) is 24.1 Å². The van der Waals surface area contributed by atoms with Gasteiger partial charge in [0.15, 0.2) is 5.65 Å². The first-order valence-electron chi connectivity index (χ1n) is 7.15. The van der Waals surface area contributed by atoms with Crippen molar-refractivity contribution in [3.63, 3.8) is 0 Å². The van der Waals surface area contributed by atoms with Crippen molar-refractivity contribution in [2.45, 2.75) is 18.8 Å². The first kappa shape index (κ1) is 13.3. The normalized spacial score (nSPS) is 16.3. The van der Waals surface area contributed by atoms with Crippen LogP contribution in [0.5, 0.6) is 0 Å². The fourth-order valence-electron chi connectivity index (χ4n) is 2.90. The van der Waals surface area contributed by atoms with Crippen LogP contribution in [-0.2, 0) is 0 Å². The Hall–Kier alpha value is -2.35. The van der Waals surface area contributed by atoms with E-state index in [0.717, 1.165) is 37.1 Å². The van der Waals surface area contributed by atoms with Crippen LogP contribution >= 0.6 is 11.3 Å². The molecule has 1 saturated heterocycles. The van der Waals surface area contributed by atoms with Gasteiger partial charge in [0.2, 0.25) is 0 Å². The molecule has 1 N–H and O–H groups in total. The summed E-state index contributed by atoms with van der Waals surface area (Å²) in [6, 6.07) is 0. The van der Waals surface area contributed by atoms with E-state index in [-0.39, 0.29) is 5.91 Å². The van der Waals surface area contributed by atoms with Crippen LogP contribution in [0.1, 0.15) is 34.1 Å². The lowest BCUT2D eigenvalue weighted by Gasteiger charge is -2.31. The summed E-state index contributed by atoms with van der Waals surface area (Å²) in [7, 11) is 0. The van der Waals surface area contributed by atoms with Gasteiger partial charge in [-0.2, -0.15) is 5.10 Å². The number of hydrogen-bond acceptors (Lipinski definition) is 6. The molecule has 3 aromatic heterocycles. The van der Waals surface area contributed by atoms with E-state index in [1.165, 1.54) is 11.3 Å². The molecule has 3 aromatic rings. The summed E-state index contributed by atoms with van der Waals surface area (Å²) in [6.45, 7) is 1.48. The third kappa shape index (κ3) is 2.25. The van der Waals surface area contributed by atoms with Crippen molar-refractivity contribution in [3.8, 4) is 0 Å². The van der Waals surface area contributed by atoms with Gasteiger partial charge in [0.25, 0.3) is 5.91 Å². The molecule has 0 aliphatic carbocycles. The lowest BCUT2D eigenvalue weighted by atomic mass is 9.93. The molecule has 0 spiro atoms. The number of hydrogen-bond donors (Lipinski definition) is 1. The van der Waals surface area contributed by atoms with E-state index < -0.39 is 0 Å². The Morgan fingerprint density at radius 1 is 1.27 bits per heavy atom. The summed E-state index contributed by atoms with van der Waals surface area (Å²) in [5, 5.41) is 7.27. The minimum absolute atomic E-state index is 0.0789. The van der Waals surface area contributed by atoms with Gasteiger partial charge in [0.1, 0.15) is 10.4 Å². The highest BCUT2D eigenvalue weighted by molar-refractivity contribution is 7.11. The minimum Gasteiger partial charge on any atom is -0.338 e. The SMILES string of the molecule is O=C(c1cncs1)N1CCC(c2[nH]nc3nccnc23)CC1. The smallest absolute Gasteiger partial charge is 0.265 e. The van der Waals surface area contributed by atoms with Crippen molar-refractivity contribution in [2.24, 2.45) is 0 Å². The molecule has 1 aliphatic rings. The van der Waals surface area contributed by atoms with Crippen molar-refractivity contribution >= 4 is 28.4 Å². The topological polar surface area (TPSA) is 87.7 Å². The molecule has 0 radical (unpaired) electrons. The largest absolute Gasteiger partial charge is 0.338 e. The fraction of sp³-hybridized carbons (Fsp3) is 0.357. The first-order chi connectivity index (χ1) is 10.8. The zero-order valence-electron chi connectivity index (χ0n) is 11.8. The van der Waals surface area contributed by atoms with Crippen molar-refractivity contribution in [1.82, 2.24) is 30.0 Å². The second-order valence-corrected chi connectivity index (χ2v) is 6.18. The molecular weight excluding hydrogens is 300 g/mol. The molecule has 1 amide bonds. The van der Waals surface area contributed by atoms with E-state index in [2.05, 4.69) is 25.1 Å². The van der Waals surface area contributed by atoms with Gasteiger partial charge in [0.05, 0.1) is 17.4 Å². The monoisotopic (exact) mass is 314 g/mol. The maximum Gasteiger partial charge on any atom is 0.265 e. The summed E-state index contributed by atoms with van der Waals surface area (Å²) in [5.41, 5.74) is 4.22. The molecule has 7 nitrogen and oxygen atoms in total. The maximum atomic E-state index is 12.3. The molecule has 1 aliphatic heterocycles. The number of amides is 1. The number of likely N-dealkylation sites (tertiary alicyclic amines) is 1. The van der Waals surface area contributed by atoms with E-state index in [0.29, 0.717) is 16.4 Å². The van der Waals surface area contributed by atoms with Crippen molar-refractivity contribution in [2.75, 3.05) is 13.1 Å². The van der Waals surface area contributed by atoms with Gasteiger partial charge in [-0.15, -0.1) is 11.3 Å². The molecule has 0 aromatic carbocycles. The van der Waals surface area contributed by atoms with Crippen LogP contribution in [0.25, 0.3) is 11.2 Å². The number of nitrogens with one attached hydrogen (secondary N) is 1. The van der Waals surface area contributed by atoms with E-state index in [4.69, 9.17) is 0 Å². The Morgan fingerprint density at radius 3 is 2.86 bits per heavy atom. The number of piperidine rings is 1. The number of carbonyl (C=O) groups excluding carboxylic acids is 1. The molecule has 0 saturated carbocycles. The summed E-state index contributed by atoms with van der Waals surface area (Å²) < 4.78 is 0. The van der Waals surface area contributed by atoms with Crippen molar-refractivity contribution in [1.29, 1.82) is 0 Å². The zero-order chi connectivity index (χ0) is 14.9. The Balaban J connectivity index is 1.49. The number of rotatable bonds is 2. The molecule has 4 rings (SSSR count). The maximum absolute atomic E-state index is 12.3. The van der Waals surface area contributed by atoms with E-state index in [9.17, 15) is 4.79 Å². The number of thiazole rings is 1. The summed E-state index contributed by atoms with van der Waals surface area (Å²) in [6.07, 6.45) is 6.76. The number of nitrogens with zero attached hydrogens (tertiary/aromatic N) is 5. The Bertz CT molecular complexity index is 791. The predicted octanol–water partition coefficient (Wildman–Crippen LogP) is 1.83. The van der Waals surface area contributed by atoms with Gasteiger partial charge in [-0.05, 0) is 12.8 Å². The highest BCUT2D eigenvalue weighted by atomic mass is 32.1. The molecule has 1 fully saturated rings. The minimum atomic E-state index is 0.0789. The summed E-state index contributed by atoms with van der Waals surface area (Å²) >= 11 is 1.39. The van der Waals surface area contributed by atoms with Crippen molar-refractivity contribution < 1.29 is 4.79 Å². The van der Waals surface area contributed by atoms with Crippen molar-refractivity contribution in [3.05, 3.63) is 34.7 Å². The Kier molecular flexibility index (Phi) is 3.30. The van der Waals surface area contributed by atoms with Gasteiger partial charge in [-0.1, -0.05) is 0 Å². The summed E-state index contributed by atoms with van der Waals surface area (Å²) in [4.78, 5) is 27.5. The molecule has 0 unspecified atom stereocenters. The second-order valence-electron chi connectivity index (χ2n) is 5.30. The van der Waals surface area contributed by atoms with Crippen LogP contribution in [-0.4, -0.2) is 49.0 Å². The Labute approximate surface area is 130 Å². The number of aromatic amines is 1. The van der Waals surface area contributed by atoms with Crippen LogP contribution in [0.4, 0.5) is 0 Å². The Morgan fingerprint density at radius 2 is 2.09 bits per heavy atom. The molecule has 112 valence electrons. The average molecular weight is 314 g/mol. The van der Waals surface area contributed by atoms with Gasteiger partial charge in [-0.25, -0.2) is 9.97 Å². The number of H-pyrrole nitrogens is 1. The quantitative estimate of drug-likeness (QED) is 0.779. The van der Waals surface area contributed by atoms with Crippen LogP contribution in [0.3, 0.4) is 0 Å². The molecule has 22 heavy (non-hydrogen) atoms. The lowest BCUT2D eigenvalue weighted by molar-refractivity contribution is 0.0717. The van der Waals surface area contributed by atoms with Crippen LogP contribution in [0.2, 0.25) is 0 Å². The fourth-order valence-corrected chi connectivity index (χ4v) is 3.49. The number of fused-ring (bicyclic) bond motifs is 1. The first-order valence-corrected chi connectivity index (χ1v) is 8.03. The highest BCUT2D eigenvalue weighted by Gasteiger charge is 2.27. The molecule has 0 atom stereocenters. The van der Waals surface area contributed by atoms with Crippen LogP contribution in [0, 0.1) is 0 Å². The zero-order valence-corrected chi connectivity index (χ0v) is 12.6. The van der Waals surface area contributed by atoms with Crippen LogP contribution in [0.15, 0.2) is 24.1 Å². The molecule has 4 heterocycles. The molecular formula is C14H14N6OS. The standard InChI is InChI=1S/C14H14N6OS/c21-14(10-7-15-8-22-10)20-5-1-9(2-6-20)11-12-13(19-18-11)17-4-3-16-12/h3-4,7-9H,1-2,5-6H2,(H,17,18,19). The molecule has 8 heteroatoms. The summed E-state index contributed by atoms with van der Waals surface area (Å²) in [5.74, 6) is 0.419. The van der Waals surface area contributed by atoms with Gasteiger partial charge < -0.3 is 4.90 Å². The number of aromatic nitrogens is 5. The van der Waals surface area contributed by atoms with E-state index in [1.807, 2.05) is 4.90 Å². The second kappa shape index (κ2) is 5.45. The number of carbonyl (C=O) groups is 1. The lowest BCUT2D eigenvalue weighted by Crippen LogP contribution is -2.37. The van der Waals surface area contributed by atoms with Gasteiger partial charge in [0, 0.05) is 31.4 Å². The third-order valence-corrected chi connectivity index (χ3v) is 4.81. The van der Waals surface area contributed by atoms with Crippen LogP contribution < -0.4 is 0 Å².